The van der Waals surface area contributed by atoms with E-state index in [1.807, 2.05) is 0 Å². The van der Waals surface area contributed by atoms with Crippen LogP contribution < -0.4 is 24.2 Å². The van der Waals surface area contributed by atoms with Crippen molar-refractivity contribution in [1.29, 1.82) is 0 Å². The summed E-state index contributed by atoms with van der Waals surface area (Å²) in [6.45, 7) is 0.263. The second kappa shape index (κ2) is 9.94. The molecule has 9 heteroatoms. The number of methoxy groups -OCH3 is 3. The van der Waals surface area contributed by atoms with Gasteiger partial charge in [-0.05, 0) is 48.5 Å². The van der Waals surface area contributed by atoms with Gasteiger partial charge in [0.2, 0.25) is 21.7 Å². The molecule has 0 atom stereocenters. The lowest BCUT2D eigenvalue weighted by Gasteiger charge is -2.14. The maximum absolute atomic E-state index is 12.1. The average Bonchev–Trinajstić information content (AvgIpc) is 2.75. The molecule has 0 aromatic heterocycles. The summed E-state index contributed by atoms with van der Waals surface area (Å²) in [5.41, 5.74) is 1.48. The highest BCUT2D eigenvalue weighted by Gasteiger charge is 2.13. The summed E-state index contributed by atoms with van der Waals surface area (Å²) in [7, 11) is 2.43. The Morgan fingerprint density at radius 3 is 2.07 bits per heavy atom. The van der Waals surface area contributed by atoms with Crippen molar-refractivity contribution in [3.05, 3.63) is 53.6 Å². The van der Waals surface area contributed by atoms with E-state index >= 15 is 0 Å². The van der Waals surface area contributed by atoms with E-state index in [4.69, 9.17) is 14.2 Å². The Bertz CT molecular complexity index is 960. The zero-order valence-electron chi connectivity index (χ0n) is 16.7. The van der Waals surface area contributed by atoms with Gasteiger partial charge in [0.25, 0.3) is 0 Å². The molecule has 0 radical (unpaired) electrons. The van der Waals surface area contributed by atoms with E-state index in [0.717, 1.165) is 5.56 Å². The van der Waals surface area contributed by atoms with Crippen LogP contribution in [0.3, 0.4) is 0 Å². The molecule has 0 aliphatic carbocycles. The lowest BCUT2D eigenvalue weighted by Crippen LogP contribution is -2.20. The fourth-order valence-electron chi connectivity index (χ4n) is 2.53. The first-order valence-corrected chi connectivity index (χ1v) is 10.1. The van der Waals surface area contributed by atoms with E-state index in [1.54, 1.807) is 30.3 Å². The van der Waals surface area contributed by atoms with Crippen LogP contribution in [0.5, 0.6) is 17.2 Å². The zero-order valence-corrected chi connectivity index (χ0v) is 17.5. The quantitative estimate of drug-likeness (QED) is 0.601. The van der Waals surface area contributed by atoms with Crippen molar-refractivity contribution in [3.8, 4) is 17.2 Å². The summed E-state index contributed by atoms with van der Waals surface area (Å²) in [6.07, 6.45) is 2.97. The molecule has 0 spiro atoms. The largest absolute Gasteiger partial charge is 0.493 e. The fourth-order valence-corrected chi connectivity index (χ4v) is 3.26. The van der Waals surface area contributed by atoms with Gasteiger partial charge in [-0.1, -0.05) is 12.1 Å². The Balaban J connectivity index is 2.03. The minimum atomic E-state index is -3.48. The molecule has 0 unspecified atom stereocenters. The van der Waals surface area contributed by atoms with Crippen molar-refractivity contribution in [2.45, 2.75) is 11.4 Å². The van der Waals surface area contributed by atoms with Gasteiger partial charge >= 0.3 is 0 Å². The summed E-state index contributed by atoms with van der Waals surface area (Å²) in [5.74, 6) is 1.19. The maximum atomic E-state index is 12.1. The molecule has 2 N–H and O–H groups in total. The third-order valence-corrected chi connectivity index (χ3v) is 5.51. The SMILES string of the molecule is CNS(=O)(=O)c1ccc(/C=C/C(=O)NCc2cc(OC)c(OC)c(OC)c2)cc1. The maximum Gasteiger partial charge on any atom is 0.244 e. The Hall–Kier alpha value is -3.04. The highest BCUT2D eigenvalue weighted by atomic mass is 32.2. The number of nitrogens with one attached hydrogen (secondary N) is 2. The van der Waals surface area contributed by atoms with Crippen LogP contribution in [-0.4, -0.2) is 42.7 Å². The van der Waals surface area contributed by atoms with Crippen LogP contribution in [0.15, 0.2) is 47.4 Å². The molecule has 2 rings (SSSR count). The van der Waals surface area contributed by atoms with Crippen molar-refractivity contribution >= 4 is 22.0 Å². The summed E-state index contributed by atoms with van der Waals surface area (Å²) >= 11 is 0. The molecule has 0 saturated heterocycles. The van der Waals surface area contributed by atoms with E-state index in [-0.39, 0.29) is 17.3 Å². The molecule has 29 heavy (non-hydrogen) atoms. The number of sulfonamides is 1. The van der Waals surface area contributed by atoms with Crippen LogP contribution in [0.25, 0.3) is 6.08 Å². The molecule has 0 fully saturated rings. The Labute approximate surface area is 170 Å². The highest BCUT2D eigenvalue weighted by Crippen LogP contribution is 2.38. The number of carbonyl (C=O) groups is 1. The first kappa shape index (κ1) is 22.3. The Morgan fingerprint density at radius 1 is 1.00 bits per heavy atom. The molecule has 0 bridgehead atoms. The molecule has 2 aromatic rings. The molecule has 156 valence electrons. The van der Waals surface area contributed by atoms with Gasteiger partial charge in [0.05, 0.1) is 26.2 Å². The molecule has 0 heterocycles. The van der Waals surface area contributed by atoms with E-state index in [0.29, 0.717) is 22.8 Å². The van der Waals surface area contributed by atoms with Gasteiger partial charge in [-0.3, -0.25) is 4.79 Å². The second-order valence-corrected chi connectivity index (χ2v) is 7.75. The third kappa shape index (κ3) is 5.72. The van der Waals surface area contributed by atoms with Crippen LogP contribution >= 0.6 is 0 Å². The highest BCUT2D eigenvalue weighted by molar-refractivity contribution is 7.89. The smallest absolute Gasteiger partial charge is 0.244 e. The lowest BCUT2D eigenvalue weighted by molar-refractivity contribution is -0.116. The van der Waals surface area contributed by atoms with Gasteiger partial charge in [-0.25, -0.2) is 13.1 Å². The topological polar surface area (TPSA) is 103 Å². The van der Waals surface area contributed by atoms with Gasteiger partial charge in [0.15, 0.2) is 11.5 Å². The molecular weight excluding hydrogens is 396 g/mol. The van der Waals surface area contributed by atoms with Crippen molar-refractivity contribution in [1.82, 2.24) is 10.0 Å². The summed E-state index contributed by atoms with van der Waals surface area (Å²) in [4.78, 5) is 12.3. The van der Waals surface area contributed by atoms with Crippen molar-refractivity contribution in [2.24, 2.45) is 0 Å². The number of ether oxygens (including phenoxy) is 3. The fraction of sp³-hybridized carbons (Fsp3) is 0.250. The van der Waals surface area contributed by atoms with Crippen LogP contribution in [0.1, 0.15) is 11.1 Å². The summed E-state index contributed by atoms with van der Waals surface area (Å²) in [5, 5.41) is 2.77. The van der Waals surface area contributed by atoms with E-state index in [1.165, 1.54) is 46.6 Å². The number of carbonyl (C=O) groups excluding carboxylic acids is 1. The molecule has 2 aromatic carbocycles. The second-order valence-electron chi connectivity index (χ2n) is 5.86. The Kier molecular flexibility index (Phi) is 7.63. The monoisotopic (exact) mass is 420 g/mol. The van der Waals surface area contributed by atoms with Crippen LogP contribution in [0.2, 0.25) is 0 Å². The summed E-state index contributed by atoms with van der Waals surface area (Å²) in [6, 6.07) is 9.69. The van der Waals surface area contributed by atoms with Crippen molar-refractivity contribution < 1.29 is 27.4 Å². The summed E-state index contributed by atoms with van der Waals surface area (Å²) < 4.78 is 41.5. The molecule has 0 saturated carbocycles. The third-order valence-electron chi connectivity index (χ3n) is 4.08. The van der Waals surface area contributed by atoms with Gasteiger partial charge in [0, 0.05) is 12.6 Å². The average molecular weight is 420 g/mol. The first-order chi connectivity index (χ1) is 13.8. The predicted octanol–water partition coefficient (Wildman–Crippen LogP) is 1.95. The van der Waals surface area contributed by atoms with Gasteiger partial charge in [-0.2, -0.15) is 0 Å². The Morgan fingerprint density at radius 2 is 1.59 bits per heavy atom. The molecule has 1 amide bonds. The van der Waals surface area contributed by atoms with Crippen molar-refractivity contribution in [2.75, 3.05) is 28.4 Å². The standard InChI is InChI=1S/C20H24N2O6S/c1-21-29(24,25)16-8-5-14(6-9-16)7-10-19(23)22-13-15-11-17(26-2)20(28-4)18(12-15)27-3/h5-12,21H,13H2,1-4H3,(H,22,23)/b10-7+. The lowest BCUT2D eigenvalue weighted by atomic mass is 10.1. The number of benzene rings is 2. The number of hydrogen-bond donors (Lipinski definition) is 2. The van der Waals surface area contributed by atoms with Gasteiger partial charge in [0.1, 0.15) is 0 Å². The zero-order chi connectivity index (χ0) is 21.4. The molecule has 8 nitrogen and oxygen atoms in total. The molecular formula is C20H24N2O6S. The minimum absolute atomic E-state index is 0.156. The van der Waals surface area contributed by atoms with Crippen LogP contribution in [0, 0.1) is 0 Å². The van der Waals surface area contributed by atoms with E-state index in [2.05, 4.69) is 10.0 Å². The van der Waals surface area contributed by atoms with Crippen molar-refractivity contribution in [3.63, 3.8) is 0 Å². The van der Waals surface area contributed by atoms with Gasteiger partial charge < -0.3 is 19.5 Å². The van der Waals surface area contributed by atoms with Crippen LogP contribution in [-0.2, 0) is 21.4 Å². The number of amides is 1. The predicted molar refractivity (Wildman–Crippen MR) is 110 cm³/mol. The van der Waals surface area contributed by atoms with E-state index in [9.17, 15) is 13.2 Å². The number of hydrogen-bond acceptors (Lipinski definition) is 6. The van der Waals surface area contributed by atoms with E-state index < -0.39 is 10.0 Å². The van der Waals surface area contributed by atoms with Gasteiger partial charge in [-0.15, -0.1) is 0 Å². The normalized spacial score (nSPS) is 11.3. The number of rotatable bonds is 9. The van der Waals surface area contributed by atoms with Crippen LogP contribution in [0.4, 0.5) is 0 Å². The first-order valence-electron chi connectivity index (χ1n) is 8.63. The molecule has 0 aliphatic rings. The molecule has 0 aliphatic heterocycles. The minimum Gasteiger partial charge on any atom is -0.493 e.